The van der Waals surface area contributed by atoms with Crippen LogP contribution in [0, 0.1) is 0 Å². The van der Waals surface area contributed by atoms with E-state index >= 15 is 0 Å². The fourth-order valence-electron chi connectivity index (χ4n) is 2.90. The molecular weight excluding hydrogens is 481 g/mol. The molecule has 1 atom stereocenters. The van der Waals surface area contributed by atoms with Gasteiger partial charge in [0.25, 0.3) is 6.43 Å². The lowest BCUT2D eigenvalue weighted by Gasteiger charge is -2.18. The van der Waals surface area contributed by atoms with Crippen molar-refractivity contribution in [3.05, 3.63) is 29.8 Å². The molecule has 9 heteroatoms. The van der Waals surface area contributed by atoms with Gasteiger partial charge in [-0.1, -0.05) is 19.1 Å². The molecule has 1 amide bonds. The van der Waals surface area contributed by atoms with Crippen molar-refractivity contribution < 1.29 is 18.3 Å². The topological polar surface area (TPSA) is 66.0 Å². The van der Waals surface area contributed by atoms with Gasteiger partial charge in [-0.2, -0.15) is 0 Å². The van der Waals surface area contributed by atoms with Crippen molar-refractivity contribution >= 4 is 35.8 Å². The molecule has 1 heterocycles. The number of carbonyl (C=O) groups excluding carboxylic acids is 1. The standard InChI is InChI=1S/C19H28F2N4O2.HI/c1-3-18(26)25-9-8-15(12-25)24-19(22-4-2)23-11-14-6-5-7-16(10-14)27-13-17(20)21;/h5-7,10,15,17H,3-4,8-9,11-13H2,1-2H3,(H2,22,23,24);1H. The number of rotatable bonds is 8. The van der Waals surface area contributed by atoms with Gasteiger partial charge in [-0.3, -0.25) is 4.79 Å². The van der Waals surface area contributed by atoms with Gasteiger partial charge in [-0.05, 0) is 31.0 Å². The van der Waals surface area contributed by atoms with Crippen LogP contribution in [-0.4, -0.2) is 55.5 Å². The van der Waals surface area contributed by atoms with Crippen molar-refractivity contribution in [3.8, 4) is 5.75 Å². The molecule has 1 aromatic carbocycles. The lowest BCUT2D eigenvalue weighted by atomic mass is 10.2. The molecule has 1 aliphatic heterocycles. The van der Waals surface area contributed by atoms with Crippen LogP contribution >= 0.6 is 24.0 Å². The fourth-order valence-corrected chi connectivity index (χ4v) is 2.90. The van der Waals surface area contributed by atoms with Crippen LogP contribution in [0.2, 0.25) is 0 Å². The monoisotopic (exact) mass is 510 g/mol. The van der Waals surface area contributed by atoms with Gasteiger partial charge in [0, 0.05) is 32.1 Å². The first-order valence-electron chi connectivity index (χ1n) is 9.34. The highest BCUT2D eigenvalue weighted by atomic mass is 127. The van der Waals surface area contributed by atoms with E-state index in [1.165, 1.54) is 0 Å². The summed E-state index contributed by atoms with van der Waals surface area (Å²) in [5.74, 6) is 1.25. The summed E-state index contributed by atoms with van der Waals surface area (Å²) in [5, 5.41) is 6.56. The molecule has 0 spiro atoms. The number of nitrogens with one attached hydrogen (secondary N) is 2. The Kier molecular flexibility index (Phi) is 11.1. The Balaban J connectivity index is 0.00000392. The number of carbonyl (C=O) groups is 1. The molecule has 158 valence electrons. The van der Waals surface area contributed by atoms with Gasteiger partial charge in [-0.15, -0.1) is 24.0 Å². The minimum absolute atomic E-state index is 0. The molecule has 2 rings (SSSR count). The van der Waals surface area contributed by atoms with Crippen LogP contribution < -0.4 is 15.4 Å². The molecule has 0 radical (unpaired) electrons. The zero-order chi connectivity index (χ0) is 19.6. The summed E-state index contributed by atoms with van der Waals surface area (Å²) in [6.07, 6.45) is -1.10. The number of benzene rings is 1. The van der Waals surface area contributed by atoms with Gasteiger partial charge < -0.3 is 20.3 Å². The predicted octanol–water partition coefficient (Wildman–Crippen LogP) is 3.01. The highest BCUT2D eigenvalue weighted by molar-refractivity contribution is 14.0. The van der Waals surface area contributed by atoms with Gasteiger partial charge in [0.1, 0.15) is 12.4 Å². The third-order valence-corrected chi connectivity index (χ3v) is 4.22. The normalized spacial score (nSPS) is 16.7. The second kappa shape index (κ2) is 12.7. The van der Waals surface area contributed by atoms with Crippen LogP contribution in [0.5, 0.6) is 5.75 Å². The molecule has 28 heavy (non-hydrogen) atoms. The van der Waals surface area contributed by atoms with E-state index in [1.807, 2.05) is 24.8 Å². The number of hydrogen-bond donors (Lipinski definition) is 2. The maximum Gasteiger partial charge on any atom is 0.272 e. The predicted molar refractivity (Wildman–Crippen MR) is 117 cm³/mol. The van der Waals surface area contributed by atoms with E-state index in [9.17, 15) is 13.6 Å². The van der Waals surface area contributed by atoms with Gasteiger partial charge in [0.2, 0.25) is 5.91 Å². The number of likely N-dealkylation sites (tertiary alicyclic amines) is 1. The molecule has 1 aliphatic rings. The molecule has 0 aliphatic carbocycles. The maximum absolute atomic E-state index is 12.3. The number of alkyl halides is 2. The minimum atomic E-state index is -2.50. The smallest absolute Gasteiger partial charge is 0.272 e. The van der Waals surface area contributed by atoms with Crippen molar-refractivity contribution in [1.29, 1.82) is 0 Å². The van der Waals surface area contributed by atoms with E-state index in [0.29, 0.717) is 37.8 Å². The average molecular weight is 510 g/mol. The number of aliphatic imine (C=N–C) groups is 1. The highest BCUT2D eigenvalue weighted by Gasteiger charge is 2.25. The number of ether oxygens (including phenoxy) is 1. The largest absolute Gasteiger partial charge is 0.488 e. The third-order valence-electron chi connectivity index (χ3n) is 4.22. The summed E-state index contributed by atoms with van der Waals surface area (Å²) in [6.45, 7) is 5.78. The lowest BCUT2D eigenvalue weighted by molar-refractivity contribution is -0.129. The van der Waals surface area contributed by atoms with Crippen molar-refractivity contribution in [2.24, 2.45) is 4.99 Å². The molecule has 1 fully saturated rings. The van der Waals surface area contributed by atoms with Gasteiger partial charge in [0.05, 0.1) is 6.54 Å². The molecule has 0 saturated carbocycles. The second-order valence-electron chi connectivity index (χ2n) is 6.37. The summed E-state index contributed by atoms with van der Waals surface area (Å²) in [7, 11) is 0. The highest BCUT2D eigenvalue weighted by Crippen LogP contribution is 2.15. The van der Waals surface area contributed by atoms with Crippen molar-refractivity contribution in [2.45, 2.75) is 45.7 Å². The van der Waals surface area contributed by atoms with Gasteiger partial charge in [0.15, 0.2) is 5.96 Å². The average Bonchev–Trinajstić information content (AvgIpc) is 3.13. The molecular formula is C19H29F2IN4O2. The van der Waals surface area contributed by atoms with E-state index in [2.05, 4.69) is 15.6 Å². The Morgan fingerprint density at radius 3 is 2.86 bits per heavy atom. The number of hydrogen-bond acceptors (Lipinski definition) is 3. The number of amides is 1. The first-order valence-corrected chi connectivity index (χ1v) is 9.34. The van der Waals surface area contributed by atoms with Crippen LogP contribution in [0.15, 0.2) is 29.3 Å². The second-order valence-corrected chi connectivity index (χ2v) is 6.37. The molecule has 1 aromatic rings. The summed E-state index contributed by atoms with van der Waals surface area (Å²) in [6, 6.07) is 7.17. The lowest BCUT2D eigenvalue weighted by Crippen LogP contribution is -2.45. The van der Waals surface area contributed by atoms with E-state index in [0.717, 1.165) is 18.5 Å². The first kappa shape index (κ1) is 24.4. The van der Waals surface area contributed by atoms with Crippen molar-refractivity contribution in [1.82, 2.24) is 15.5 Å². The van der Waals surface area contributed by atoms with Crippen molar-refractivity contribution in [3.63, 3.8) is 0 Å². The van der Waals surface area contributed by atoms with Gasteiger partial charge in [-0.25, -0.2) is 13.8 Å². The van der Waals surface area contributed by atoms with E-state index in [1.54, 1.807) is 18.2 Å². The third kappa shape index (κ3) is 8.15. The summed E-state index contributed by atoms with van der Waals surface area (Å²) in [5.41, 5.74) is 0.869. The van der Waals surface area contributed by atoms with E-state index in [4.69, 9.17) is 4.74 Å². The fraction of sp³-hybridized carbons (Fsp3) is 0.579. The number of nitrogens with zero attached hydrogens (tertiary/aromatic N) is 2. The van der Waals surface area contributed by atoms with Crippen molar-refractivity contribution in [2.75, 3.05) is 26.2 Å². The quantitative estimate of drug-likeness (QED) is 0.321. The van der Waals surface area contributed by atoms with Crippen LogP contribution in [-0.2, 0) is 11.3 Å². The zero-order valence-electron chi connectivity index (χ0n) is 16.3. The molecule has 1 saturated heterocycles. The number of guanidine groups is 1. The first-order chi connectivity index (χ1) is 13.0. The van der Waals surface area contributed by atoms with Crippen LogP contribution in [0.1, 0.15) is 32.3 Å². The summed E-state index contributed by atoms with van der Waals surface area (Å²) in [4.78, 5) is 18.2. The van der Waals surface area contributed by atoms with E-state index < -0.39 is 13.0 Å². The Morgan fingerprint density at radius 2 is 2.18 bits per heavy atom. The minimum Gasteiger partial charge on any atom is -0.488 e. The summed E-state index contributed by atoms with van der Waals surface area (Å²) < 4.78 is 29.6. The molecule has 6 nitrogen and oxygen atoms in total. The maximum atomic E-state index is 12.3. The Bertz CT molecular complexity index is 646. The van der Waals surface area contributed by atoms with E-state index in [-0.39, 0.29) is 35.9 Å². The van der Waals surface area contributed by atoms with Crippen LogP contribution in [0.3, 0.4) is 0 Å². The SMILES string of the molecule is CCNC(=NCc1cccc(OCC(F)F)c1)NC1CCN(C(=O)CC)C1.I. The van der Waals surface area contributed by atoms with Crippen LogP contribution in [0.25, 0.3) is 0 Å². The zero-order valence-corrected chi connectivity index (χ0v) is 18.6. The van der Waals surface area contributed by atoms with Gasteiger partial charge >= 0.3 is 0 Å². The Hall–Kier alpha value is -1.65. The Labute approximate surface area is 182 Å². The molecule has 0 bridgehead atoms. The van der Waals surface area contributed by atoms with Crippen LogP contribution in [0.4, 0.5) is 8.78 Å². The number of halogens is 3. The molecule has 0 aromatic heterocycles. The Morgan fingerprint density at radius 1 is 1.39 bits per heavy atom. The molecule has 2 N–H and O–H groups in total. The summed E-state index contributed by atoms with van der Waals surface area (Å²) >= 11 is 0. The molecule has 1 unspecified atom stereocenters.